The minimum atomic E-state index is -0.563. The standard InChI is InChI=1S/C34H29N3O5S/c1-22-7-6-8-23(19-22)20-29(36-32(39)24-9-4-3-5-10-24)33(40)35-25-11-17-28(18-12-25)43-30-21-31(38)37(34(30)41)26-13-15-27(42-2)16-14-26/h3-20,30H,21H2,1-2H3,(H,35,40)(H,36,39)/b29-20-. The van der Waals surface area contributed by atoms with Gasteiger partial charge in [-0.15, -0.1) is 11.8 Å². The molecule has 9 heteroatoms. The maximum absolute atomic E-state index is 13.3. The Bertz CT molecular complexity index is 1690. The molecule has 1 unspecified atom stereocenters. The Kier molecular flexibility index (Phi) is 9.02. The lowest BCUT2D eigenvalue weighted by Crippen LogP contribution is -2.31. The number of nitrogens with zero attached hydrogens (tertiary/aromatic N) is 1. The number of anilines is 2. The smallest absolute Gasteiger partial charge is 0.272 e. The first kappa shape index (κ1) is 29.3. The second kappa shape index (κ2) is 13.2. The summed E-state index contributed by atoms with van der Waals surface area (Å²) in [6.45, 7) is 1.95. The highest BCUT2D eigenvalue weighted by Gasteiger charge is 2.40. The van der Waals surface area contributed by atoms with E-state index >= 15 is 0 Å². The summed E-state index contributed by atoms with van der Waals surface area (Å²) in [6, 6.07) is 30.0. The van der Waals surface area contributed by atoms with Gasteiger partial charge in [-0.25, -0.2) is 4.90 Å². The average Bonchev–Trinajstić information content (AvgIpc) is 3.30. The molecule has 1 heterocycles. The van der Waals surface area contributed by atoms with Crippen LogP contribution in [0.1, 0.15) is 27.9 Å². The number of nitrogens with one attached hydrogen (secondary N) is 2. The molecular formula is C34H29N3O5S. The first-order valence-corrected chi connectivity index (χ1v) is 14.4. The molecule has 1 aliphatic heterocycles. The van der Waals surface area contributed by atoms with Crippen molar-refractivity contribution in [2.45, 2.75) is 23.5 Å². The van der Waals surface area contributed by atoms with Crippen molar-refractivity contribution in [2.75, 3.05) is 17.3 Å². The van der Waals surface area contributed by atoms with Crippen LogP contribution < -0.4 is 20.3 Å². The number of carbonyl (C=O) groups excluding carboxylic acids is 4. The minimum absolute atomic E-state index is 0.0856. The Morgan fingerprint density at radius 2 is 1.63 bits per heavy atom. The third kappa shape index (κ3) is 7.20. The number of rotatable bonds is 9. The Hall–Kier alpha value is -5.15. The van der Waals surface area contributed by atoms with E-state index in [0.29, 0.717) is 22.7 Å². The van der Waals surface area contributed by atoms with Crippen LogP contribution in [0, 0.1) is 6.92 Å². The molecule has 1 fully saturated rings. The van der Waals surface area contributed by atoms with E-state index in [9.17, 15) is 19.2 Å². The largest absolute Gasteiger partial charge is 0.497 e. The maximum atomic E-state index is 13.3. The molecule has 2 N–H and O–H groups in total. The van der Waals surface area contributed by atoms with Gasteiger partial charge in [0.2, 0.25) is 11.8 Å². The van der Waals surface area contributed by atoms with Crippen LogP contribution in [0.4, 0.5) is 11.4 Å². The van der Waals surface area contributed by atoms with E-state index in [1.54, 1.807) is 86.0 Å². The Balaban J connectivity index is 1.27. The van der Waals surface area contributed by atoms with Gasteiger partial charge in [-0.2, -0.15) is 0 Å². The van der Waals surface area contributed by atoms with Gasteiger partial charge in [-0.05, 0) is 79.2 Å². The maximum Gasteiger partial charge on any atom is 0.272 e. The van der Waals surface area contributed by atoms with Crippen LogP contribution in [-0.4, -0.2) is 36.0 Å². The molecule has 5 rings (SSSR count). The highest BCUT2D eigenvalue weighted by molar-refractivity contribution is 8.00. The first-order valence-electron chi connectivity index (χ1n) is 13.5. The molecule has 8 nitrogen and oxygen atoms in total. The van der Waals surface area contributed by atoms with Gasteiger partial charge in [0.15, 0.2) is 0 Å². The van der Waals surface area contributed by atoms with E-state index in [2.05, 4.69) is 10.6 Å². The van der Waals surface area contributed by atoms with E-state index < -0.39 is 17.1 Å². The average molecular weight is 592 g/mol. The number of benzene rings is 4. The van der Waals surface area contributed by atoms with Gasteiger partial charge in [-0.3, -0.25) is 19.2 Å². The zero-order valence-corrected chi connectivity index (χ0v) is 24.4. The highest BCUT2D eigenvalue weighted by atomic mass is 32.2. The number of aryl methyl sites for hydroxylation is 1. The van der Waals surface area contributed by atoms with Crippen LogP contribution in [0.3, 0.4) is 0 Å². The fourth-order valence-electron chi connectivity index (χ4n) is 4.55. The van der Waals surface area contributed by atoms with Gasteiger partial charge in [0.1, 0.15) is 11.4 Å². The summed E-state index contributed by atoms with van der Waals surface area (Å²) < 4.78 is 5.16. The van der Waals surface area contributed by atoms with Crippen molar-refractivity contribution in [3.05, 3.63) is 126 Å². The molecule has 0 saturated carbocycles. The molecule has 43 heavy (non-hydrogen) atoms. The van der Waals surface area contributed by atoms with Gasteiger partial charge in [-0.1, -0.05) is 48.0 Å². The van der Waals surface area contributed by atoms with E-state index in [1.807, 2.05) is 37.3 Å². The van der Waals surface area contributed by atoms with Crippen LogP contribution in [-0.2, 0) is 14.4 Å². The van der Waals surface area contributed by atoms with Gasteiger partial charge < -0.3 is 15.4 Å². The van der Waals surface area contributed by atoms with E-state index in [1.165, 1.54) is 16.7 Å². The fourth-order valence-corrected chi connectivity index (χ4v) is 5.60. The van der Waals surface area contributed by atoms with Crippen molar-refractivity contribution in [2.24, 2.45) is 0 Å². The van der Waals surface area contributed by atoms with Crippen molar-refractivity contribution >= 4 is 52.8 Å². The molecule has 216 valence electrons. The molecule has 0 radical (unpaired) electrons. The lowest BCUT2D eigenvalue weighted by atomic mass is 10.1. The molecule has 0 spiro atoms. The SMILES string of the molecule is COc1ccc(N2C(=O)CC(Sc3ccc(NC(=O)/C(=C/c4cccc(C)c4)NC(=O)c4ccccc4)cc3)C2=O)cc1. The summed E-state index contributed by atoms with van der Waals surface area (Å²) in [6.07, 6.45) is 1.72. The monoisotopic (exact) mass is 591 g/mol. The molecule has 1 aliphatic rings. The van der Waals surface area contributed by atoms with Crippen molar-refractivity contribution in [3.8, 4) is 5.75 Å². The lowest BCUT2D eigenvalue weighted by molar-refractivity contribution is -0.121. The molecule has 1 saturated heterocycles. The number of ether oxygens (including phenoxy) is 1. The minimum Gasteiger partial charge on any atom is -0.497 e. The number of imide groups is 1. The van der Waals surface area contributed by atoms with E-state index in [0.717, 1.165) is 16.0 Å². The quantitative estimate of drug-likeness (QED) is 0.187. The first-order chi connectivity index (χ1) is 20.8. The van der Waals surface area contributed by atoms with Crippen molar-refractivity contribution in [3.63, 3.8) is 0 Å². The summed E-state index contributed by atoms with van der Waals surface area (Å²) in [7, 11) is 1.55. The second-order valence-electron chi connectivity index (χ2n) is 9.85. The van der Waals surface area contributed by atoms with Crippen molar-refractivity contribution in [1.29, 1.82) is 0 Å². The normalized spacial score (nSPS) is 14.9. The van der Waals surface area contributed by atoms with Crippen LogP contribution in [0.2, 0.25) is 0 Å². The zero-order valence-electron chi connectivity index (χ0n) is 23.6. The molecule has 1 atom stereocenters. The predicted octanol–water partition coefficient (Wildman–Crippen LogP) is 5.84. The number of carbonyl (C=O) groups is 4. The molecule has 0 aliphatic carbocycles. The zero-order chi connectivity index (χ0) is 30.3. The van der Waals surface area contributed by atoms with Crippen molar-refractivity contribution < 1.29 is 23.9 Å². The molecule has 0 bridgehead atoms. The number of hydrogen-bond acceptors (Lipinski definition) is 6. The van der Waals surface area contributed by atoms with Gasteiger partial charge >= 0.3 is 0 Å². The molecule has 4 amide bonds. The lowest BCUT2D eigenvalue weighted by Gasteiger charge is -2.15. The van der Waals surface area contributed by atoms with Gasteiger partial charge in [0.05, 0.1) is 18.0 Å². The van der Waals surface area contributed by atoms with Gasteiger partial charge in [0.25, 0.3) is 11.8 Å². The second-order valence-corrected chi connectivity index (χ2v) is 11.1. The van der Waals surface area contributed by atoms with Crippen LogP contribution in [0.5, 0.6) is 5.75 Å². The number of hydrogen-bond donors (Lipinski definition) is 2. The Morgan fingerprint density at radius 1 is 0.907 bits per heavy atom. The van der Waals surface area contributed by atoms with E-state index in [4.69, 9.17) is 4.74 Å². The van der Waals surface area contributed by atoms with Crippen LogP contribution in [0.25, 0.3) is 6.08 Å². The molecule has 0 aromatic heterocycles. The Morgan fingerprint density at radius 3 is 2.30 bits per heavy atom. The number of amides is 4. The highest BCUT2D eigenvalue weighted by Crippen LogP contribution is 2.35. The number of thioether (sulfide) groups is 1. The molecule has 4 aromatic rings. The summed E-state index contributed by atoms with van der Waals surface area (Å²) >= 11 is 1.29. The fraction of sp³-hybridized carbons (Fsp3) is 0.118. The predicted molar refractivity (Wildman–Crippen MR) is 168 cm³/mol. The molecule has 4 aromatic carbocycles. The third-order valence-electron chi connectivity index (χ3n) is 6.71. The summed E-state index contributed by atoms with van der Waals surface area (Å²) in [5.74, 6) is -0.796. The van der Waals surface area contributed by atoms with Crippen LogP contribution >= 0.6 is 11.8 Å². The number of methoxy groups -OCH3 is 1. The van der Waals surface area contributed by atoms with Crippen LogP contribution in [0.15, 0.2) is 114 Å². The Labute approximate surface area is 253 Å². The van der Waals surface area contributed by atoms with E-state index in [-0.39, 0.29) is 23.9 Å². The summed E-state index contributed by atoms with van der Waals surface area (Å²) in [4.78, 5) is 53.9. The van der Waals surface area contributed by atoms with Gasteiger partial charge in [0, 0.05) is 22.6 Å². The molecular weight excluding hydrogens is 562 g/mol. The summed E-state index contributed by atoms with van der Waals surface area (Å²) in [5, 5.41) is 5.01. The topological polar surface area (TPSA) is 105 Å². The third-order valence-corrected chi connectivity index (χ3v) is 7.91. The summed E-state index contributed by atoms with van der Waals surface area (Å²) in [5.41, 5.74) is 3.32. The van der Waals surface area contributed by atoms with Crippen molar-refractivity contribution in [1.82, 2.24) is 5.32 Å².